The number of nitrogens with two attached hydrogens (primary N) is 1. The first-order valence-corrected chi connectivity index (χ1v) is 6.29. The van der Waals surface area contributed by atoms with Crippen molar-refractivity contribution >= 4 is 5.91 Å². The van der Waals surface area contributed by atoms with Crippen LogP contribution in [0.2, 0.25) is 0 Å². The van der Waals surface area contributed by atoms with Crippen molar-refractivity contribution in [2.45, 2.75) is 13.3 Å². The fourth-order valence-electron chi connectivity index (χ4n) is 2.21. The number of hydrogen-bond donors (Lipinski definition) is 1. The highest BCUT2D eigenvalue weighted by Crippen LogP contribution is 2.19. The molecule has 0 bridgehead atoms. The van der Waals surface area contributed by atoms with Crippen LogP contribution in [0.25, 0.3) is 0 Å². The van der Waals surface area contributed by atoms with E-state index < -0.39 is 0 Å². The SMILES string of the molecule is CC1CCN(C(=O)c2ccccc2C#CCN)C1. The first kappa shape index (κ1) is 12.7. The van der Waals surface area contributed by atoms with Crippen LogP contribution in [0.1, 0.15) is 29.3 Å². The van der Waals surface area contributed by atoms with E-state index in [1.165, 1.54) is 0 Å². The van der Waals surface area contributed by atoms with Gasteiger partial charge in [0.15, 0.2) is 0 Å². The van der Waals surface area contributed by atoms with E-state index in [2.05, 4.69) is 18.8 Å². The summed E-state index contributed by atoms with van der Waals surface area (Å²) in [5, 5.41) is 0. The molecule has 3 nitrogen and oxygen atoms in total. The van der Waals surface area contributed by atoms with Crippen molar-refractivity contribution in [2.24, 2.45) is 11.7 Å². The minimum Gasteiger partial charge on any atom is -0.338 e. The molecule has 1 aromatic rings. The van der Waals surface area contributed by atoms with Crippen LogP contribution in [0, 0.1) is 17.8 Å². The van der Waals surface area contributed by atoms with Crippen LogP contribution in [-0.2, 0) is 0 Å². The monoisotopic (exact) mass is 242 g/mol. The molecule has 2 N–H and O–H groups in total. The summed E-state index contributed by atoms with van der Waals surface area (Å²) in [4.78, 5) is 14.3. The van der Waals surface area contributed by atoms with Crippen molar-refractivity contribution in [3.05, 3.63) is 35.4 Å². The maximum atomic E-state index is 12.4. The molecule has 94 valence electrons. The highest BCUT2D eigenvalue weighted by Gasteiger charge is 2.25. The van der Waals surface area contributed by atoms with E-state index in [9.17, 15) is 4.79 Å². The summed E-state index contributed by atoms with van der Waals surface area (Å²) in [5.41, 5.74) is 6.83. The fourth-order valence-corrected chi connectivity index (χ4v) is 2.21. The molecule has 3 heteroatoms. The van der Waals surface area contributed by atoms with Gasteiger partial charge in [-0.1, -0.05) is 30.9 Å². The van der Waals surface area contributed by atoms with E-state index in [1.807, 2.05) is 29.2 Å². The smallest absolute Gasteiger partial charge is 0.255 e. The molecule has 18 heavy (non-hydrogen) atoms. The highest BCUT2D eigenvalue weighted by molar-refractivity contribution is 5.96. The van der Waals surface area contributed by atoms with Crippen molar-refractivity contribution in [2.75, 3.05) is 19.6 Å². The van der Waals surface area contributed by atoms with E-state index in [0.717, 1.165) is 25.1 Å². The minimum absolute atomic E-state index is 0.0845. The summed E-state index contributed by atoms with van der Waals surface area (Å²) in [6.07, 6.45) is 1.09. The number of rotatable bonds is 1. The van der Waals surface area contributed by atoms with E-state index in [4.69, 9.17) is 5.73 Å². The first-order chi connectivity index (χ1) is 8.72. The van der Waals surface area contributed by atoms with Crippen LogP contribution in [0.4, 0.5) is 0 Å². The minimum atomic E-state index is 0.0845. The summed E-state index contributed by atoms with van der Waals surface area (Å²) in [7, 11) is 0. The van der Waals surface area contributed by atoms with E-state index >= 15 is 0 Å². The first-order valence-electron chi connectivity index (χ1n) is 6.29. The summed E-state index contributed by atoms with van der Waals surface area (Å²) < 4.78 is 0. The van der Waals surface area contributed by atoms with Gasteiger partial charge in [0.05, 0.1) is 12.1 Å². The molecule has 0 aromatic heterocycles. The zero-order valence-corrected chi connectivity index (χ0v) is 10.6. The van der Waals surface area contributed by atoms with Crippen LogP contribution in [-0.4, -0.2) is 30.4 Å². The molecule has 0 saturated carbocycles. The van der Waals surface area contributed by atoms with Gasteiger partial charge in [0.25, 0.3) is 5.91 Å². The number of benzene rings is 1. The second kappa shape index (κ2) is 5.70. The molecule has 1 saturated heterocycles. The summed E-state index contributed by atoms with van der Waals surface area (Å²) in [6.45, 7) is 4.17. The average Bonchev–Trinajstić information content (AvgIpc) is 2.82. The summed E-state index contributed by atoms with van der Waals surface area (Å²) in [6, 6.07) is 7.48. The Hall–Kier alpha value is -1.79. The fraction of sp³-hybridized carbons (Fsp3) is 0.400. The van der Waals surface area contributed by atoms with E-state index in [-0.39, 0.29) is 5.91 Å². The Morgan fingerprint density at radius 1 is 1.50 bits per heavy atom. The van der Waals surface area contributed by atoms with Crippen LogP contribution in [0.15, 0.2) is 24.3 Å². The van der Waals surface area contributed by atoms with Crippen molar-refractivity contribution in [1.29, 1.82) is 0 Å². The number of carbonyl (C=O) groups excluding carboxylic acids is 1. The van der Waals surface area contributed by atoms with Gasteiger partial charge in [0.1, 0.15) is 0 Å². The molecular formula is C15H18N2O. The molecule has 1 aliphatic rings. The Balaban J connectivity index is 2.24. The quantitative estimate of drug-likeness (QED) is 0.758. The second-order valence-corrected chi connectivity index (χ2v) is 4.70. The predicted octanol–water partition coefficient (Wildman–Crippen LogP) is 1.48. The molecule has 0 aliphatic carbocycles. The average molecular weight is 242 g/mol. The molecular weight excluding hydrogens is 224 g/mol. The number of nitrogens with zero attached hydrogens (tertiary/aromatic N) is 1. The number of carbonyl (C=O) groups is 1. The lowest BCUT2D eigenvalue weighted by Crippen LogP contribution is -2.29. The standard InChI is InChI=1S/C15H18N2O/c1-12-8-10-17(11-12)15(18)14-7-3-2-5-13(14)6-4-9-16/h2-3,5,7,12H,8-11,16H2,1H3. The lowest BCUT2D eigenvalue weighted by atomic mass is 10.1. The maximum Gasteiger partial charge on any atom is 0.255 e. The van der Waals surface area contributed by atoms with Gasteiger partial charge < -0.3 is 10.6 Å². The Bertz CT molecular complexity index is 499. The molecule has 1 aliphatic heterocycles. The molecule has 1 fully saturated rings. The van der Waals surface area contributed by atoms with Crippen LogP contribution in [0.5, 0.6) is 0 Å². The van der Waals surface area contributed by atoms with Crippen molar-refractivity contribution < 1.29 is 4.79 Å². The van der Waals surface area contributed by atoms with Gasteiger partial charge in [-0.3, -0.25) is 4.79 Å². The van der Waals surface area contributed by atoms with E-state index in [0.29, 0.717) is 18.0 Å². The van der Waals surface area contributed by atoms with Gasteiger partial charge in [0, 0.05) is 18.7 Å². The molecule has 1 heterocycles. The molecule has 2 rings (SSSR count). The lowest BCUT2D eigenvalue weighted by molar-refractivity contribution is 0.0788. The van der Waals surface area contributed by atoms with Crippen molar-refractivity contribution in [3.8, 4) is 11.8 Å². The van der Waals surface area contributed by atoms with E-state index in [1.54, 1.807) is 0 Å². The molecule has 1 unspecified atom stereocenters. The van der Waals surface area contributed by atoms with Gasteiger partial charge >= 0.3 is 0 Å². The Morgan fingerprint density at radius 3 is 2.94 bits per heavy atom. The predicted molar refractivity (Wildman–Crippen MR) is 72.1 cm³/mol. The largest absolute Gasteiger partial charge is 0.338 e. The Labute approximate surface area is 108 Å². The molecule has 0 spiro atoms. The normalized spacial score (nSPS) is 18.3. The lowest BCUT2D eigenvalue weighted by Gasteiger charge is -2.16. The summed E-state index contributed by atoms with van der Waals surface area (Å²) in [5.74, 6) is 6.45. The molecule has 1 atom stereocenters. The zero-order chi connectivity index (χ0) is 13.0. The third-order valence-corrected chi connectivity index (χ3v) is 3.19. The van der Waals surface area contributed by atoms with Crippen LogP contribution >= 0.6 is 0 Å². The third kappa shape index (κ3) is 2.72. The van der Waals surface area contributed by atoms with Gasteiger partial charge in [0.2, 0.25) is 0 Å². The second-order valence-electron chi connectivity index (χ2n) is 4.70. The summed E-state index contributed by atoms with van der Waals surface area (Å²) >= 11 is 0. The van der Waals surface area contributed by atoms with Gasteiger partial charge in [-0.05, 0) is 24.5 Å². The third-order valence-electron chi connectivity index (χ3n) is 3.19. The number of amides is 1. The number of likely N-dealkylation sites (tertiary alicyclic amines) is 1. The highest BCUT2D eigenvalue weighted by atomic mass is 16.2. The van der Waals surface area contributed by atoms with Crippen molar-refractivity contribution in [1.82, 2.24) is 4.90 Å². The zero-order valence-electron chi connectivity index (χ0n) is 10.6. The Kier molecular flexibility index (Phi) is 4.01. The van der Waals surface area contributed by atoms with Gasteiger partial charge in [-0.25, -0.2) is 0 Å². The van der Waals surface area contributed by atoms with Crippen LogP contribution < -0.4 is 5.73 Å². The maximum absolute atomic E-state index is 12.4. The van der Waals surface area contributed by atoms with Crippen LogP contribution in [0.3, 0.4) is 0 Å². The van der Waals surface area contributed by atoms with Crippen molar-refractivity contribution in [3.63, 3.8) is 0 Å². The van der Waals surface area contributed by atoms with Gasteiger partial charge in [-0.2, -0.15) is 0 Å². The molecule has 0 radical (unpaired) electrons. The Morgan fingerprint density at radius 2 is 2.28 bits per heavy atom. The number of hydrogen-bond acceptors (Lipinski definition) is 2. The topological polar surface area (TPSA) is 46.3 Å². The van der Waals surface area contributed by atoms with Gasteiger partial charge in [-0.15, -0.1) is 0 Å². The molecule has 1 amide bonds. The molecule has 1 aromatic carbocycles.